The van der Waals surface area contributed by atoms with Crippen molar-refractivity contribution in [1.82, 2.24) is 4.98 Å². The van der Waals surface area contributed by atoms with Crippen molar-refractivity contribution in [3.63, 3.8) is 0 Å². The molecular formula is C18H15Cl2N3O3S. The van der Waals surface area contributed by atoms with E-state index in [-0.39, 0.29) is 21.8 Å². The van der Waals surface area contributed by atoms with Crippen LogP contribution in [-0.2, 0) is 9.53 Å². The van der Waals surface area contributed by atoms with E-state index in [2.05, 4.69) is 15.6 Å². The molecule has 2 heterocycles. The molecule has 0 fully saturated rings. The number of hydrogen-bond acceptors (Lipinski definition) is 6. The van der Waals surface area contributed by atoms with Gasteiger partial charge in [-0.25, -0.2) is 9.78 Å². The summed E-state index contributed by atoms with van der Waals surface area (Å²) in [6.45, 7) is 0. The van der Waals surface area contributed by atoms with Crippen molar-refractivity contribution < 1.29 is 14.3 Å². The van der Waals surface area contributed by atoms with E-state index in [0.717, 1.165) is 5.70 Å². The van der Waals surface area contributed by atoms with Crippen molar-refractivity contribution in [1.29, 1.82) is 0 Å². The Morgan fingerprint density at radius 3 is 2.59 bits per heavy atom. The lowest BCUT2D eigenvalue weighted by Crippen LogP contribution is -2.16. The Labute approximate surface area is 170 Å². The molecular weight excluding hydrogens is 409 g/mol. The topological polar surface area (TPSA) is 80.3 Å². The van der Waals surface area contributed by atoms with E-state index in [4.69, 9.17) is 27.9 Å². The van der Waals surface area contributed by atoms with Crippen molar-refractivity contribution in [2.45, 2.75) is 0 Å². The van der Waals surface area contributed by atoms with Gasteiger partial charge in [-0.2, -0.15) is 11.8 Å². The second kappa shape index (κ2) is 8.65. The number of para-hydroxylation sites is 2. The molecule has 0 bridgehead atoms. The minimum Gasteiger partial charge on any atom is -0.466 e. The Kier molecular flexibility index (Phi) is 6.26. The Bertz CT molecular complexity index is 934. The number of esters is 1. The maximum Gasteiger partial charge on any atom is 0.336 e. The number of nitrogens with zero attached hydrogens (tertiary/aromatic N) is 1. The third kappa shape index (κ3) is 4.55. The van der Waals surface area contributed by atoms with Crippen LogP contribution in [0.25, 0.3) is 0 Å². The summed E-state index contributed by atoms with van der Waals surface area (Å²) >= 11 is 13.5. The molecule has 0 unspecified atom stereocenters. The molecule has 2 N–H and O–H groups in total. The zero-order chi connectivity index (χ0) is 19.4. The quantitative estimate of drug-likeness (QED) is 0.553. The van der Waals surface area contributed by atoms with E-state index >= 15 is 0 Å². The van der Waals surface area contributed by atoms with Gasteiger partial charge < -0.3 is 15.4 Å². The summed E-state index contributed by atoms with van der Waals surface area (Å²) in [6, 6.07) is 10.2. The van der Waals surface area contributed by atoms with Gasteiger partial charge in [-0.05, 0) is 24.3 Å². The van der Waals surface area contributed by atoms with Crippen molar-refractivity contribution in [2.24, 2.45) is 0 Å². The van der Waals surface area contributed by atoms with Crippen LogP contribution >= 0.6 is 35.0 Å². The van der Waals surface area contributed by atoms with Gasteiger partial charge >= 0.3 is 5.97 Å². The Balaban J connectivity index is 1.85. The number of halogens is 2. The molecule has 3 rings (SSSR count). The van der Waals surface area contributed by atoms with Crippen molar-refractivity contribution in [3.8, 4) is 0 Å². The summed E-state index contributed by atoms with van der Waals surface area (Å²) in [7, 11) is 1.35. The predicted molar refractivity (Wildman–Crippen MR) is 109 cm³/mol. The van der Waals surface area contributed by atoms with Crippen molar-refractivity contribution in [2.75, 3.05) is 29.2 Å². The average Bonchev–Trinajstić information content (AvgIpc) is 3.12. The van der Waals surface area contributed by atoms with Crippen LogP contribution in [0.1, 0.15) is 10.5 Å². The monoisotopic (exact) mass is 423 g/mol. The van der Waals surface area contributed by atoms with Gasteiger partial charge in [-0.3, -0.25) is 4.79 Å². The fourth-order valence-electron chi connectivity index (χ4n) is 2.47. The maximum absolute atomic E-state index is 12.6. The molecule has 1 aromatic carbocycles. The van der Waals surface area contributed by atoms with E-state index in [1.165, 1.54) is 19.2 Å². The highest BCUT2D eigenvalue weighted by Crippen LogP contribution is 2.30. The summed E-state index contributed by atoms with van der Waals surface area (Å²) in [5.74, 6) is 0.374. The molecule has 0 spiro atoms. The fourth-order valence-corrected chi connectivity index (χ4v) is 3.86. The van der Waals surface area contributed by atoms with Crippen molar-refractivity contribution >= 4 is 58.2 Å². The Hall–Kier alpha value is -2.22. The van der Waals surface area contributed by atoms with Gasteiger partial charge in [-0.15, -0.1) is 0 Å². The third-order valence-electron chi connectivity index (χ3n) is 3.78. The highest BCUT2D eigenvalue weighted by molar-refractivity contribution is 8.00. The third-order valence-corrected chi connectivity index (χ3v) is 5.28. The van der Waals surface area contributed by atoms with Gasteiger partial charge in [0.1, 0.15) is 10.8 Å². The van der Waals surface area contributed by atoms with E-state index < -0.39 is 5.91 Å². The molecule has 1 aromatic heterocycles. The number of hydrogen-bond donors (Lipinski definition) is 2. The fraction of sp³-hybridized carbons (Fsp3) is 0.167. The number of rotatable bonds is 5. The lowest BCUT2D eigenvalue weighted by atomic mass is 10.2. The Morgan fingerprint density at radius 1 is 1.11 bits per heavy atom. The summed E-state index contributed by atoms with van der Waals surface area (Å²) in [4.78, 5) is 28.4. The second-order valence-electron chi connectivity index (χ2n) is 5.53. The molecule has 0 aliphatic carbocycles. The zero-order valence-corrected chi connectivity index (χ0v) is 16.5. The number of carbonyl (C=O) groups excluding carboxylic acids is 2. The first kappa shape index (κ1) is 19.5. The van der Waals surface area contributed by atoms with E-state index in [0.29, 0.717) is 28.5 Å². The standard InChI is InChI=1S/C18H15Cl2N3O3S/c1-26-18(25)10-8-27-9-14(10)21-12-4-2-3-5-13(12)22-17(24)16-11(19)6-7-15(20)23-16/h2-7,21H,8-9H2,1H3,(H,22,24). The van der Waals surface area contributed by atoms with Gasteiger partial charge in [0.2, 0.25) is 0 Å². The lowest BCUT2D eigenvalue weighted by Gasteiger charge is -2.14. The molecule has 140 valence electrons. The van der Waals surface area contributed by atoms with Gasteiger partial charge in [-0.1, -0.05) is 35.3 Å². The number of nitrogens with one attached hydrogen (secondary N) is 2. The van der Waals surface area contributed by atoms with E-state index in [9.17, 15) is 9.59 Å². The Morgan fingerprint density at radius 2 is 1.85 bits per heavy atom. The smallest absolute Gasteiger partial charge is 0.336 e. The molecule has 0 saturated heterocycles. The minimum atomic E-state index is -0.486. The molecule has 1 amide bonds. The first-order valence-corrected chi connectivity index (χ1v) is 9.78. The second-order valence-corrected chi connectivity index (χ2v) is 7.31. The van der Waals surface area contributed by atoms with Crippen LogP contribution in [0.4, 0.5) is 11.4 Å². The minimum absolute atomic E-state index is 0.0323. The largest absolute Gasteiger partial charge is 0.466 e. The van der Waals surface area contributed by atoms with Crippen LogP contribution in [0.2, 0.25) is 10.2 Å². The highest BCUT2D eigenvalue weighted by atomic mass is 35.5. The molecule has 6 nitrogen and oxygen atoms in total. The van der Waals surface area contributed by atoms with Crippen LogP contribution in [0.15, 0.2) is 47.7 Å². The zero-order valence-electron chi connectivity index (χ0n) is 14.2. The van der Waals surface area contributed by atoms with Crippen LogP contribution in [0.3, 0.4) is 0 Å². The number of carbonyl (C=O) groups is 2. The normalized spacial score (nSPS) is 13.4. The molecule has 0 saturated carbocycles. The molecule has 2 aromatic rings. The van der Waals surface area contributed by atoms with Crippen molar-refractivity contribution in [3.05, 3.63) is 63.5 Å². The van der Waals surface area contributed by atoms with Crippen LogP contribution in [-0.4, -0.2) is 35.5 Å². The summed E-state index contributed by atoms with van der Waals surface area (Å²) < 4.78 is 4.82. The van der Waals surface area contributed by atoms with Gasteiger partial charge in [0.15, 0.2) is 0 Å². The summed E-state index contributed by atoms with van der Waals surface area (Å²) in [5.41, 5.74) is 2.54. The number of ether oxygens (including phenoxy) is 1. The molecule has 1 aliphatic rings. The van der Waals surface area contributed by atoms with Gasteiger partial charge in [0.25, 0.3) is 5.91 Å². The van der Waals surface area contributed by atoms with Crippen LogP contribution in [0, 0.1) is 0 Å². The number of pyridine rings is 1. The maximum atomic E-state index is 12.6. The number of aromatic nitrogens is 1. The van der Waals surface area contributed by atoms with Gasteiger partial charge in [0, 0.05) is 17.2 Å². The SMILES string of the molecule is COC(=O)C1=C(Nc2ccccc2NC(=O)c2nc(Cl)ccc2Cl)CSC1. The molecule has 9 heteroatoms. The predicted octanol–water partition coefficient (Wildman–Crippen LogP) is 4.23. The first-order chi connectivity index (χ1) is 13.0. The molecule has 27 heavy (non-hydrogen) atoms. The number of benzene rings is 1. The summed E-state index contributed by atoms with van der Waals surface area (Å²) in [6.07, 6.45) is 0. The lowest BCUT2D eigenvalue weighted by molar-refractivity contribution is -0.136. The average molecular weight is 424 g/mol. The molecule has 0 radical (unpaired) electrons. The summed E-state index contributed by atoms with van der Waals surface area (Å²) in [5, 5.41) is 6.37. The van der Waals surface area contributed by atoms with Crippen LogP contribution in [0.5, 0.6) is 0 Å². The van der Waals surface area contributed by atoms with E-state index in [1.54, 1.807) is 30.0 Å². The number of methoxy groups -OCH3 is 1. The van der Waals surface area contributed by atoms with Gasteiger partial charge in [0.05, 0.1) is 29.1 Å². The highest BCUT2D eigenvalue weighted by Gasteiger charge is 2.23. The van der Waals surface area contributed by atoms with E-state index in [1.807, 2.05) is 6.07 Å². The number of amides is 1. The molecule has 0 atom stereocenters. The molecule has 1 aliphatic heterocycles. The first-order valence-electron chi connectivity index (χ1n) is 7.87. The number of anilines is 2. The number of thioether (sulfide) groups is 1. The van der Waals surface area contributed by atoms with Crippen LogP contribution < -0.4 is 10.6 Å².